The third kappa shape index (κ3) is 4.19. The molecule has 0 saturated carbocycles. The topological polar surface area (TPSA) is 61.4 Å². The van der Waals surface area contributed by atoms with E-state index in [1.807, 2.05) is 0 Å². The minimum atomic E-state index is -3.09. The Hall–Kier alpha value is -0.170. The molecule has 0 unspecified atom stereocenters. The van der Waals surface area contributed by atoms with Gasteiger partial charge in [0.1, 0.15) is 0 Å². The second-order valence-corrected chi connectivity index (χ2v) is 7.34. The third-order valence-corrected chi connectivity index (χ3v) is 5.83. The fourth-order valence-electron chi connectivity index (χ4n) is 2.75. The van der Waals surface area contributed by atoms with Crippen LogP contribution in [0.15, 0.2) is 0 Å². The largest absolute Gasteiger partial charge is 0.317 e. The zero-order chi connectivity index (χ0) is 12.8. The van der Waals surface area contributed by atoms with Gasteiger partial charge in [-0.1, -0.05) is 0 Å². The standard InChI is InChI=1S/C12H25N3O2S/c16-18(17,12-4-7-13-8-5-12)14-6-3-11-15-9-1-2-10-15/h12-14H,1-11H2. The lowest BCUT2D eigenvalue weighted by atomic mass is 10.2. The Bertz CT molecular complexity index is 333. The molecule has 2 aliphatic rings. The molecule has 6 heteroatoms. The Balaban J connectivity index is 1.64. The molecule has 2 N–H and O–H groups in total. The van der Waals surface area contributed by atoms with Crippen LogP contribution >= 0.6 is 0 Å². The molecule has 0 radical (unpaired) electrons. The minimum absolute atomic E-state index is 0.189. The molecule has 106 valence electrons. The predicted octanol–water partition coefficient (Wildman–Crippen LogP) is 0.144. The van der Waals surface area contributed by atoms with E-state index in [0.29, 0.717) is 6.54 Å². The summed E-state index contributed by atoms with van der Waals surface area (Å²) < 4.78 is 26.8. The number of hydrogen-bond acceptors (Lipinski definition) is 4. The van der Waals surface area contributed by atoms with E-state index in [9.17, 15) is 8.42 Å². The van der Waals surface area contributed by atoms with Crippen LogP contribution in [0.1, 0.15) is 32.1 Å². The molecule has 0 aromatic heterocycles. The molecular weight excluding hydrogens is 250 g/mol. The summed E-state index contributed by atoms with van der Waals surface area (Å²) in [6.45, 7) is 5.61. The van der Waals surface area contributed by atoms with E-state index in [1.54, 1.807) is 0 Å². The van der Waals surface area contributed by atoms with Crippen LogP contribution in [0.25, 0.3) is 0 Å². The normalized spacial score (nSPS) is 23.6. The summed E-state index contributed by atoms with van der Waals surface area (Å²) in [7, 11) is -3.09. The summed E-state index contributed by atoms with van der Waals surface area (Å²) >= 11 is 0. The molecule has 0 bridgehead atoms. The molecule has 0 atom stereocenters. The van der Waals surface area contributed by atoms with Gasteiger partial charge in [0.2, 0.25) is 10.0 Å². The molecule has 2 aliphatic heterocycles. The van der Waals surface area contributed by atoms with Gasteiger partial charge in [-0.05, 0) is 64.8 Å². The smallest absolute Gasteiger partial charge is 0.214 e. The summed E-state index contributed by atoms with van der Waals surface area (Å²) in [6, 6.07) is 0. The van der Waals surface area contributed by atoms with Gasteiger partial charge < -0.3 is 10.2 Å². The quantitative estimate of drug-likeness (QED) is 0.677. The number of nitrogens with one attached hydrogen (secondary N) is 2. The predicted molar refractivity (Wildman–Crippen MR) is 73.1 cm³/mol. The van der Waals surface area contributed by atoms with Crippen molar-refractivity contribution in [3.05, 3.63) is 0 Å². The van der Waals surface area contributed by atoms with Crippen LogP contribution in [0.2, 0.25) is 0 Å². The summed E-state index contributed by atoms with van der Waals surface area (Å²) in [4.78, 5) is 2.42. The van der Waals surface area contributed by atoms with Gasteiger partial charge >= 0.3 is 0 Å². The number of rotatable bonds is 6. The zero-order valence-electron chi connectivity index (χ0n) is 11.0. The molecule has 2 rings (SSSR count). The molecule has 0 aliphatic carbocycles. The van der Waals surface area contributed by atoms with Crippen LogP contribution in [0, 0.1) is 0 Å². The highest BCUT2D eigenvalue weighted by Gasteiger charge is 2.26. The number of nitrogens with zero attached hydrogens (tertiary/aromatic N) is 1. The first-order valence-corrected chi connectivity index (χ1v) is 8.65. The van der Waals surface area contributed by atoms with Crippen molar-refractivity contribution in [2.24, 2.45) is 0 Å². The first kappa shape index (κ1) is 14.2. The Morgan fingerprint density at radius 2 is 1.83 bits per heavy atom. The summed E-state index contributed by atoms with van der Waals surface area (Å²) in [6.07, 6.45) is 4.98. The molecule has 0 aromatic carbocycles. The second kappa shape index (κ2) is 6.84. The zero-order valence-corrected chi connectivity index (χ0v) is 11.8. The van der Waals surface area contributed by atoms with Crippen molar-refractivity contribution in [2.45, 2.75) is 37.4 Å². The summed E-state index contributed by atoms with van der Waals surface area (Å²) in [5.74, 6) is 0. The highest BCUT2D eigenvalue weighted by atomic mass is 32.2. The Morgan fingerprint density at radius 1 is 1.17 bits per heavy atom. The molecule has 2 fully saturated rings. The van der Waals surface area contributed by atoms with Crippen LogP contribution in [0.4, 0.5) is 0 Å². The van der Waals surface area contributed by atoms with Crippen LogP contribution in [0.3, 0.4) is 0 Å². The Labute approximate surface area is 110 Å². The van der Waals surface area contributed by atoms with Crippen molar-refractivity contribution in [1.29, 1.82) is 0 Å². The first-order chi connectivity index (χ1) is 8.68. The van der Waals surface area contributed by atoms with Crippen LogP contribution in [-0.4, -0.2) is 57.8 Å². The number of hydrogen-bond donors (Lipinski definition) is 2. The van der Waals surface area contributed by atoms with Gasteiger partial charge in [-0.2, -0.15) is 0 Å². The molecule has 0 spiro atoms. The van der Waals surface area contributed by atoms with E-state index >= 15 is 0 Å². The SMILES string of the molecule is O=S(=O)(NCCCN1CCCC1)C1CCNCC1. The maximum atomic E-state index is 12.0. The number of sulfonamides is 1. The van der Waals surface area contributed by atoms with Crippen molar-refractivity contribution in [1.82, 2.24) is 14.9 Å². The molecule has 5 nitrogen and oxygen atoms in total. The van der Waals surface area contributed by atoms with Crippen molar-refractivity contribution in [3.63, 3.8) is 0 Å². The van der Waals surface area contributed by atoms with Gasteiger partial charge in [-0.3, -0.25) is 0 Å². The highest BCUT2D eigenvalue weighted by Crippen LogP contribution is 2.12. The van der Waals surface area contributed by atoms with Gasteiger partial charge in [0, 0.05) is 6.54 Å². The molecule has 2 heterocycles. The molecule has 2 saturated heterocycles. The van der Waals surface area contributed by atoms with Gasteiger partial charge in [0.25, 0.3) is 0 Å². The lowest BCUT2D eigenvalue weighted by Crippen LogP contribution is -2.42. The minimum Gasteiger partial charge on any atom is -0.317 e. The average Bonchev–Trinajstić information content (AvgIpc) is 2.89. The fourth-order valence-corrected chi connectivity index (χ4v) is 4.27. The van der Waals surface area contributed by atoms with Crippen molar-refractivity contribution in [3.8, 4) is 0 Å². The van der Waals surface area contributed by atoms with E-state index < -0.39 is 10.0 Å². The van der Waals surface area contributed by atoms with Gasteiger partial charge in [-0.15, -0.1) is 0 Å². The monoisotopic (exact) mass is 275 g/mol. The number of likely N-dealkylation sites (tertiary alicyclic amines) is 1. The average molecular weight is 275 g/mol. The maximum Gasteiger partial charge on any atom is 0.214 e. The van der Waals surface area contributed by atoms with Crippen molar-refractivity contribution < 1.29 is 8.42 Å². The second-order valence-electron chi connectivity index (χ2n) is 5.29. The number of piperidine rings is 1. The summed E-state index contributed by atoms with van der Waals surface area (Å²) in [5.41, 5.74) is 0. The molecule has 0 aromatic rings. The van der Waals surface area contributed by atoms with Gasteiger partial charge in [0.15, 0.2) is 0 Å². The van der Waals surface area contributed by atoms with Crippen LogP contribution < -0.4 is 10.0 Å². The van der Waals surface area contributed by atoms with Crippen LogP contribution in [-0.2, 0) is 10.0 Å². The van der Waals surface area contributed by atoms with E-state index in [4.69, 9.17) is 0 Å². The lowest BCUT2D eigenvalue weighted by molar-refractivity contribution is 0.334. The van der Waals surface area contributed by atoms with E-state index in [1.165, 1.54) is 25.9 Å². The van der Waals surface area contributed by atoms with E-state index in [0.717, 1.165) is 38.9 Å². The first-order valence-electron chi connectivity index (χ1n) is 7.10. The Morgan fingerprint density at radius 3 is 2.50 bits per heavy atom. The Kier molecular flexibility index (Phi) is 5.41. The molecular formula is C12H25N3O2S. The van der Waals surface area contributed by atoms with E-state index in [2.05, 4.69) is 14.9 Å². The van der Waals surface area contributed by atoms with Gasteiger partial charge in [-0.25, -0.2) is 13.1 Å². The van der Waals surface area contributed by atoms with Crippen molar-refractivity contribution >= 4 is 10.0 Å². The third-order valence-electron chi connectivity index (χ3n) is 3.88. The maximum absolute atomic E-state index is 12.0. The fraction of sp³-hybridized carbons (Fsp3) is 1.00. The van der Waals surface area contributed by atoms with Gasteiger partial charge in [0.05, 0.1) is 5.25 Å². The molecule has 0 amide bonds. The highest BCUT2D eigenvalue weighted by molar-refractivity contribution is 7.90. The van der Waals surface area contributed by atoms with Crippen LogP contribution in [0.5, 0.6) is 0 Å². The molecule has 18 heavy (non-hydrogen) atoms. The lowest BCUT2D eigenvalue weighted by Gasteiger charge is -2.23. The summed E-state index contributed by atoms with van der Waals surface area (Å²) in [5, 5.41) is 3.00. The van der Waals surface area contributed by atoms with E-state index in [-0.39, 0.29) is 5.25 Å². The van der Waals surface area contributed by atoms with Crippen molar-refractivity contribution in [2.75, 3.05) is 39.3 Å².